The van der Waals surface area contributed by atoms with Gasteiger partial charge in [0.15, 0.2) is 6.61 Å². The average Bonchev–Trinajstić information content (AvgIpc) is 2.48. The Bertz CT molecular complexity index is 699. The second-order valence-corrected chi connectivity index (χ2v) is 5.28. The van der Waals surface area contributed by atoms with Gasteiger partial charge in [0.1, 0.15) is 5.75 Å². The van der Waals surface area contributed by atoms with Crippen LogP contribution in [0.4, 0.5) is 0 Å². The van der Waals surface area contributed by atoms with Crippen LogP contribution < -0.4 is 10.2 Å². The minimum Gasteiger partial charge on any atom is -0.483 e. The summed E-state index contributed by atoms with van der Waals surface area (Å²) in [5.41, 5.74) is 5.36. The molecule has 1 N–H and O–H groups in total. The van der Waals surface area contributed by atoms with E-state index in [-0.39, 0.29) is 12.5 Å². The van der Waals surface area contributed by atoms with Gasteiger partial charge in [0, 0.05) is 5.02 Å². The van der Waals surface area contributed by atoms with Crippen LogP contribution in [0.1, 0.15) is 16.7 Å². The molecule has 2 rings (SSSR count). The Hall–Kier alpha value is -2.33. The number of carbonyl (C=O) groups excluding carboxylic acids is 1. The van der Waals surface area contributed by atoms with E-state index in [0.29, 0.717) is 10.8 Å². The summed E-state index contributed by atoms with van der Waals surface area (Å²) in [5, 5.41) is 4.56. The van der Waals surface area contributed by atoms with Crippen LogP contribution in [0, 0.1) is 13.8 Å². The van der Waals surface area contributed by atoms with Gasteiger partial charge in [-0.2, -0.15) is 5.10 Å². The van der Waals surface area contributed by atoms with Crippen LogP contribution in [0.15, 0.2) is 47.6 Å². The predicted molar refractivity (Wildman–Crippen MR) is 88.6 cm³/mol. The number of benzene rings is 2. The van der Waals surface area contributed by atoms with Crippen molar-refractivity contribution in [1.82, 2.24) is 5.43 Å². The molecule has 5 heteroatoms. The Balaban J connectivity index is 1.84. The summed E-state index contributed by atoms with van der Waals surface area (Å²) in [6, 6.07) is 13.0. The summed E-state index contributed by atoms with van der Waals surface area (Å²) in [6.07, 6.45) is 1.61. The molecule has 2 aromatic carbocycles. The normalized spacial score (nSPS) is 10.7. The van der Waals surface area contributed by atoms with Gasteiger partial charge in [0.25, 0.3) is 5.91 Å². The molecule has 114 valence electrons. The van der Waals surface area contributed by atoms with Crippen molar-refractivity contribution in [1.29, 1.82) is 0 Å². The van der Waals surface area contributed by atoms with Crippen molar-refractivity contribution in [3.05, 3.63) is 64.2 Å². The number of hydrogen-bond donors (Lipinski definition) is 1. The topological polar surface area (TPSA) is 50.7 Å². The van der Waals surface area contributed by atoms with Crippen LogP contribution in [-0.2, 0) is 4.79 Å². The molecule has 0 heterocycles. The molecule has 22 heavy (non-hydrogen) atoms. The number of aryl methyl sites for hydroxylation is 2. The minimum absolute atomic E-state index is 0.104. The third kappa shape index (κ3) is 4.60. The molecule has 4 nitrogen and oxygen atoms in total. The highest BCUT2D eigenvalue weighted by atomic mass is 35.5. The summed E-state index contributed by atoms with van der Waals surface area (Å²) in [5.74, 6) is 0.307. The quantitative estimate of drug-likeness (QED) is 0.678. The molecule has 0 bridgehead atoms. The number of carbonyl (C=O) groups is 1. The molecule has 0 saturated heterocycles. The van der Waals surface area contributed by atoms with Crippen LogP contribution in [0.5, 0.6) is 5.75 Å². The van der Waals surface area contributed by atoms with Crippen LogP contribution in [0.25, 0.3) is 0 Å². The molecule has 2 aromatic rings. The lowest BCUT2D eigenvalue weighted by molar-refractivity contribution is -0.123. The zero-order valence-corrected chi connectivity index (χ0v) is 13.2. The molecule has 0 radical (unpaired) electrons. The molecule has 1 amide bonds. The van der Waals surface area contributed by atoms with Crippen molar-refractivity contribution in [2.24, 2.45) is 5.10 Å². The van der Waals surface area contributed by atoms with Gasteiger partial charge in [0.05, 0.1) is 6.21 Å². The highest BCUT2D eigenvalue weighted by Crippen LogP contribution is 2.21. The summed E-state index contributed by atoms with van der Waals surface area (Å²) >= 11 is 5.87. The molecule has 0 atom stereocenters. The number of halogens is 1. The van der Waals surface area contributed by atoms with Gasteiger partial charge in [-0.1, -0.05) is 35.9 Å². The molecule has 0 saturated carbocycles. The zero-order chi connectivity index (χ0) is 15.9. The molecule has 0 unspecified atom stereocenters. The monoisotopic (exact) mass is 316 g/mol. The Labute approximate surface area is 134 Å². The SMILES string of the molecule is Cc1ccccc1C=NNC(=O)COc1ccc(Cl)cc1C. The second-order valence-electron chi connectivity index (χ2n) is 4.85. The van der Waals surface area contributed by atoms with Crippen LogP contribution in [0.3, 0.4) is 0 Å². The van der Waals surface area contributed by atoms with Crippen LogP contribution in [-0.4, -0.2) is 18.7 Å². The Morgan fingerprint density at radius 3 is 2.73 bits per heavy atom. The third-order valence-corrected chi connectivity index (χ3v) is 3.31. The first-order valence-corrected chi connectivity index (χ1v) is 7.20. The van der Waals surface area contributed by atoms with E-state index in [1.165, 1.54) is 0 Å². The lowest BCUT2D eigenvalue weighted by atomic mass is 10.1. The van der Waals surface area contributed by atoms with Crippen LogP contribution >= 0.6 is 11.6 Å². The van der Waals surface area contributed by atoms with Crippen molar-refractivity contribution in [2.75, 3.05) is 6.61 Å². The Kier molecular flexibility index (Phi) is 5.55. The number of hydrogen-bond acceptors (Lipinski definition) is 3. The molecule has 0 spiro atoms. The number of amides is 1. The van der Waals surface area contributed by atoms with Gasteiger partial charge in [-0.05, 0) is 48.7 Å². The number of rotatable bonds is 5. The zero-order valence-electron chi connectivity index (χ0n) is 12.5. The van der Waals surface area contributed by atoms with Gasteiger partial charge in [0.2, 0.25) is 0 Å². The number of nitrogens with zero attached hydrogens (tertiary/aromatic N) is 1. The third-order valence-electron chi connectivity index (χ3n) is 3.08. The van der Waals surface area contributed by atoms with Gasteiger partial charge < -0.3 is 4.74 Å². The summed E-state index contributed by atoms with van der Waals surface area (Å²) in [6.45, 7) is 3.75. The highest BCUT2D eigenvalue weighted by Gasteiger charge is 2.04. The number of hydrazone groups is 1. The van der Waals surface area contributed by atoms with E-state index >= 15 is 0 Å². The van der Waals surface area contributed by atoms with Crippen molar-refractivity contribution in [3.8, 4) is 5.75 Å². The molecule has 0 aliphatic heterocycles. The van der Waals surface area contributed by atoms with Crippen LogP contribution in [0.2, 0.25) is 5.02 Å². The van der Waals surface area contributed by atoms with Gasteiger partial charge in [-0.25, -0.2) is 5.43 Å². The van der Waals surface area contributed by atoms with Gasteiger partial charge in [-0.3, -0.25) is 4.79 Å². The fraction of sp³-hybridized carbons (Fsp3) is 0.176. The second kappa shape index (κ2) is 7.61. The van der Waals surface area contributed by atoms with E-state index in [1.807, 2.05) is 38.1 Å². The highest BCUT2D eigenvalue weighted by molar-refractivity contribution is 6.30. The molecule has 0 aliphatic carbocycles. The molecule has 0 fully saturated rings. The van der Waals surface area contributed by atoms with Crippen molar-refractivity contribution >= 4 is 23.7 Å². The van der Waals surface area contributed by atoms with E-state index in [2.05, 4.69) is 10.5 Å². The average molecular weight is 317 g/mol. The lowest BCUT2D eigenvalue weighted by Crippen LogP contribution is -2.24. The maximum atomic E-state index is 11.7. The molecular weight excluding hydrogens is 300 g/mol. The fourth-order valence-electron chi connectivity index (χ4n) is 1.86. The van der Waals surface area contributed by atoms with E-state index in [0.717, 1.165) is 16.7 Å². The maximum Gasteiger partial charge on any atom is 0.277 e. The molecule has 0 aliphatic rings. The first kappa shape index (κ1) is 16.0. The van der Waals surface area contributed by atoms with Crippen molar-refractivity contribution in [2.45, 2.75) is 13.8 Å². The van der Waals surface area contributed by atoms with Crippen molar-refractivity contribution < 1.29 is 9.53 Å². The number of ether oxygens (including phenoxy) is 1. The van der Waals surface area contributed by atoms with Gasteiger partial charge >= 0.3 is 0 Å². The van der Waals surface area contributed by atoms with E-state index in [1.54, 1.807) is 24.4 Å². The Morgan fingerprint density at radius 2 is 2.00 bits per heavy atom. The predicted octanol–water partition coefficient (Wildman–Crippen LogP) is 3.49. The Morgan fingerprint density at radius 1 is 1.23 bits per heavy atom. The van der Waals surface area contributed by atoms with E-state index in [4.69, 9.17) is 16.3 Å². The standard InChI is InChI=1S/C17H17ClN2O2/c1-12-5-3-4-6-14(12)10-19-20-17(21)11-22-16-8-7-15(18)9-13(16)2/h3-10H,11H2,1-2H3,(H,20,21). The smallest absolute Gasteiger partial charge is 0.277 e. The van der Waals surface area contributed by atoms with E-state index < -0.39 is 0 Å². The first-order chi connectivity index (χ1) is 10.6. The lowest BCUT2D eigenvalue weighted by Gasteiger charge is -2.08. The summed E-state index contributed by atoms with van der Waals surface area (Å²) < 4.78 is 5.44. The number of nitrogens with one attached hydrogen (secondary N) is 1. The summed E-state index contributed by atoms with van der Waals surface area (Å²) in [4.78, 5) is 11.7. The van der Waals surface area contributed by atoms with Gasteiger partial charge in [-0.15, -0.1) is 0 Å². The minimum atomic E-state index is -0.320. The molecular formula is C17H17ClN2O2. The largest absolute Gasteiger partial charge is 0.483 e. The van der Waals surface area contributed by atoms with Crippen molar-refractivity contribution in [3.63, 3.8) is 0 Å². The fourth-order valence-corrected chi connectivity index (χ4v) is 2.08. The molecule has 0 aromatic heterocycles. The maximum absolute atomic E-state index is 11.7. The van der Waals surface area contributed by atoms with E-state index in [9.17, 15) is 4.79 Å². The summed E-state index contributed by atoms with van der Waals surface area (Å²) in [7, 11) is 0. The first-order valence-electron chi connectivity index (χ1n) is 6.83.